The van der Waals surface area contributed by atoms with Gasteiger partial charge in [-0.25, -0.2) is 4.39 Å². The van der Waals surface area contributed by atoms with Crippen molar-refractivity contribution >= 4 is 39.2 Å². The van der Waals surface area contributed by atoms with Crippen LogP contribution in [0.5, 0.6) is 0 Å². The lowest BCUT2D eigenvalue weighted by atomic mass is 10.1. The van der Waals surface area contributed by atoms with E-state index in [1.165, 1.54) is 6.07 Å². The van der Waals surface area contributed by atoms with E-state index >= 15 is 0 Å². The molecule has 0 aliphatic carbocycles. The Morgan fingerprint density at radius 3 is 2.71 bits per heavy atom. The van der Waals surface area contributed by atoms with Crippen LogP contribution in [0.25, 0.3) is 0 Å². The zero-order valence-corrected chi connectivity index (χ0v) is 13.2. The van der Waals surface area contributed by atoms with E-state index < -0.39 is 17.5 Å². The fourth-order valence-electron chi connectivity index (χ4n) is 2.01. The molecule has 7 heteroatoms. The summed E-state index contributed by atoms with van der Waals surface area (Å²) in [6.07, 6.45) is 0.747. The van der Waals surface area contributed by atoms with Gasteiger partial charge in [0.1, 0.15) is 12.4 Å². The molecule has 1 aliphatic rings. The Morgan fingerprint density at radius 2 is 2.10 bits per heavy atom. The Hall–Kier alpha value is -1.76. The molecule has 1 aromatic rings. The van der Waals surface area contributed by atoms with Gasteiger partial charge in [0.15, 0.2) is 0 Å². The van der Waals surface area contributed by atoms with Gasteiger partial charge in [-0.3, -0.25) is 19.3 Å². The van der Waals surface area contributed by atoms with E-state index in [1.54, 1.807) is 0 Å². The van der Waals surface area contributed by atoms with Crippen molar-refractivity contribution in [1.82, 2.24) is 5.32 Å². The Labute approximate surface area is 129 Å². The molecule has 1 atom stereocenters. The van der Waals surface area contributed by atoms with Gasteiger partial charge >= 0.3 is 0 Å². The lowest BCUT2D eigenvalue weighted by Gasteiger charge is -2.18. The van der Waals surface area contributed by atoms with Gasteiger partial charge in [0.2, 0.25) is 5.91 Å². The summed E-state index contributed by atoms with van der Waals surface area (Å²) in [7, 11) is 0. The molecule has 0 spiro atoms. The number of Topliss-reactive ketones (excluding diaryl/α,β-unsaturated/α-hetero) is 1. The van der Waals surface area contributed by atoms with Gasteiger partial charge in [-0.15, -0.1) is 0 Å². The number of carbonyl (C=O) groups is 3. The van der Waals surface area contributed by atoms with E-state index in [4.69, 9.17) is 0 Å². The third-order valence-electron chi connectivity index (χ3n) is 3.33. The maximum absolute atomic E-state index is 13.6. The number of nitrogens with one attached hydrogen (secondary N) is 1. The fraction of sp³-hybridized carbons (Fsp3) is 0.357. The quantitative estimate of drug-likeness (QED) is 0.839. The number of carbonyl (C=O) groups excluding carboxylic acids is 3. The Balaban J connectivity index is 2.27. The van der Waals surface area contributed by atoms with E-state index in [9.17, 15) is 18.8 Å². The van der Waals surface area contributed by atoms with E-state index in [1.807, 2.05) is 13.8 Å². The molecule has 0 saturated carbocycles. The molecule has 0 fully saturated rings. The van der Waals surface area contributed by atoms with Crippen LogP contribution in [0, 0.1) is 5.82 Å². The second-order valence-electron chi connectivity index (χ2n) is 4.88. The van der Waals surface area contributed by atoms with E-state index in [-0.39, 0.29) is 34.2 Å². The monoisotopic (exact) mass is 356 g/mol. The van der Waals surface area contributed by atoms with Crippen LogP contribution in [-0.2, 0) is 9.59 Å². The summed E-state index contributed by atoms with van der Waals surface area (Å²) in [5, 5.41) is 2.70. The van der Waals surface area contributed by atoms with Gasteiger partial charge in [0, 0.05) is 6.04 Å². The number of benzene rings is 1. The third kappa shape index (κ3) is 2.97. The molecule has 0 aromatic heterocycles. The van der Waals surface area contributed by atoms with E-state index in [2.05, 4.69) is 21.2 Å². The molecule has 5 nitrogen and oxygen atoms in total. The first kappa shape index (κ1) is 15.6. The molecule has 2 rings (SSSR count). The molecule has 0 saturated heterocycles. The highest BCUT2D eigenvalue weighted by Gasteiger charge is 2.37. The predicted octanol–water partition coefficient (Wildman–Crippen LogP) is 2.03. The largest absolute Gasteiger partial charge is 0.352 e. The highest BCUT2D eigenvalue weighted by Crippen LogP contribution is 2.33. The maximum atomic E-state index is 13.6. The van der Waals surface area contributed by atoms with Crippen LogP contribution in [0.15, 0.2) is 16.6 Å². The molecule has 112 valence electrons. The molecule has 21 heavy (non-hydrogen) atoms. The summed E-state index contributed by atoms with van der Waals surface area (Å²) in [6.45, 7) is 3.44. The summed E-state index contributed by atoms with van der Waals surface area (Å²) >= 11 is 2.97. The van der Waals surface area contributed by atoms with Crippen molar-refractivity contribution in [3.05, 3.63) is 28.0 Å². The van der Waals surface area contributed by atoms with Crippen LogP contribution >= 0.6 is 15.9 Å². The van der Waals surface area contributed by atoms with Crippen molar-refractivity contribution in [2.75, 3.05) is 11.4 Å². The number of nitrogens with zero attached hydrogens (tertiary/aromatic N) is 1. The fourth-order valence-corrected chi connectivity index (χ4v) is 2.36. The lowest BCUT2D eigenvalue weighted by molar-refractivity contribution is -0.122. The number of rotatable bonds is 4. The van der Waals surface area contributed by atoms with Crippen molar-refractivity contribution in [2.45, 2.75) is 26.3 Å². The number of hydrogen-bond donors (Lipinski definition) is 1. The van der Waals surface area contributed by atoms with E-state index in [0.717, 1.165) is 17.4 Å². The minimum atomic E-state index is -0.818. The number of amides is 2. The van der Waals surface area contributed by atoms with Crippen LogP contribution in [-0.4, -0.2) is 30.2 Å². The van der Waals surface area contributed by atoms with Crippen molar-refractivity contribution in [1.29, 1.82) is 0 Å². The lowest BCUT2D eigenvalue weighted by Crippen LogP contribution is -2.42. The van der Waals surface area contributed by atoms with Crippen molar-refractivity contribution in [3.63, 3.8) is 0 Å². The Kier molecular flexibility index (Phi) is 4.41. The molecule has 1 N–H and O–H groups in total. The van der Waals surface area contributed by atoms with Crippen LogP contribution in [0.2, 0.25) is 0 Å². The molecule has 1 aromatic carbocycles. The number of halogens is 2. The normalized spacial score (nSPS) is 15.1. The van der Waals surface area contributed by atoms with Gasteiger partial charge in [-0.2, -0.15) is 0 Å². The zero-order chi connectivity index (χ0) is 15.7. The van der Waals surface area contributed by atoms with Crippen LogP contribution in [0.4, 0.5) is 10.1 Å². The van der Waals surface area contributed by atoms with Gasteiger partial charge in [-0.1, -0.05) is 6.92 Å². The van der Waals surface area contributed by atoms with E-state index in [0.29, 0.717) is 0 Å². The van der Waals surface area contributed by atoms with Crippen molar-refractivity contribution in [2.24, 2.45) is 0 Å². The molecule has 1 heterocycles. The Morgan fingerprint density at radius 1 is 1.43 bits per heavy atom. The number of hydrogen-bond acceptors (Lipinski definition) is 3. The molecule has 1 aliphatic heterocycles. The molecule has 0 radical (unpaired) electrons. The van der Waals surface area contributed by atoms with Gasteiger partial charge in [-0.05, 0) is 41.4 Å². The van der Waals surface area contributed by atoms with Crippen molar-refractivity contribution < 1.29 is 18.8 Å². The minimum Gasteiger partial charge on any atom is -0.352 e. The second-order valence-corrected chi connectivity index (χ2v) is 5.74. The standard InChI is InChI=1S/C14H14BrFN2O3/c1-3-7(2)17-12(19)6-18-11-5-10(16)9(15)4-8(11)13(20)14(18)21/h4-5,7H,3,6H2,1-2H3,(H,17,19). The summed E-state index contributed by atoms with van der Waals surface area (Å²) in [5.74, 6) is -2.53. The average Bonchev–Trinajstić information content (AvgIpc) is 2.65. The second kappa shape index (κ2) is 5.93. The summed E-state index contributed by atoms with van der Waals surface area (Å²) < 4.78 is 13.7. The van der Waals surface area contributed by atoms with Crippen LogP contribution in [0.3, 0.4) is 0 Å². The summed E-state index contributed by atoms with van der Waals surface area (Å²) in [4.78, 5) is 36.7. The Bertz CT molecular complexity index is 633. The molecule has 0 bridgehead atoms. The first-order chi connectivity index (χ1) is 9.85. The maximum Gasteiger partial charge on any atom is 0.299 e. The van der Waals surface area contributed by atoms with Crippen LogP contribution in [0.1, 0.15) is 30.6 Å². The average molecular weight is 357 g/mol. The highest BCUT2D eigenvalue weighted by atomic mass is 79.9. The minimum absolute atomic E-state index is 0.0352. The smallest absolute Gasteiger partial charge is 0.299 e. The summed E-state index contributed by atoms with van der Waals surface area (Å²) in [5.41, 5.74) is 0.231. The van der Waals surface area contributed by atoms with Gasteiger partial charge in [0.05, 0.1) is 15.7 Å². The SMILES string of the molecule is CCC(C)NC(=O)CN1C(=O)C(=O)c2cc(Br)c(F)cc21. The van der Waals surface area contributed by atoms with Gasteiger partial charge in [0.25, 0.3) is 11.7 Å². The number of anilines is 1. The number of fused-ring (bicyclic) bond motifs is 1. The first-order valence-corrected chi connectivity index (χ1v) is 7.29. The van der Waals surface area contributed by atoms with Gasteiger partial charge < -0.3 is 5.32 Å². The predicted molar refractivity (Wildman–Crippen MR) is 78.7 cm³/mol. The third-order valence-corrected chi connectivity index (χ3v) is 3.94. The van der Waals surface area contributed by atoms with Crippen molar-refractivity contribution in [3.8, 4) is 0 Å². The molecular formula is C14H14BrFN2O3. The molecular weight excluding hydrogens is 343 g/mol. The van der Waals surface area contributed by atoms with Crippen LogP contribution < -0.4 is 10.2 Å². The summed E-state index contributed by atoms with van der Waals surface area (Å²) in [6, 6.07) is 2.31. The topological polar surface area (TPSA) is 66.5 Å². The first-order valence-electron chi connectivity index (χ1n) is 6.49. The highest BCUT2D eigenvalue weighted by molar-refractivity contribution is 9.10. The molecule has 1 unspecified atom stereocenters. The zero-order valence-electron chi connectivity index (χ0n) is 11.6. The number of ketones is 1. The molecule has 2 amide bonds.